The Morgan fingerprint density at radius 2 is 1.58 bits per heavy atom. The van der Waals surface area contributed by atoms with Crippen molar-refractivity contribution in [3.05, 3.63) is 60.7 Å². The predicted molar refractivity (Wildman–Crippen MR) is 145 cm³/mol. The van der Waals surface area contributed by atoms with Crippen LogP contribution in [-0.4, -0.2) is 51.4 Å². The largest absolute Gasteiger partial charge is 0.404 e. The molecule has 2 aliphatic heterocycles. The monoisotopic (exact) mass is 510 g/mol. The molecule has 3 atom stereocenters. The van der Waals surface area contributed by atoms with Gasteiger partial charge in [-0.25, -0.2) is 0 Å². The van der Waals surface area contributed by atoms with Crippen molar-refractivity contribution in [1.82, 2.24) is 0 Å². The van der Waals surface area contributed by atoms with Gasteiger partial charge >= 0.3 is 0 Å². The second kappa shape index (κ2) is 10.9. The lowest BCUT2D eigenvalue weighted by molar-refractivity contribution is -0.179. The van der Waals surface area contributed by atoms with Crippen LogP contribution >= 0.6 is 0 Å². The zero-order valence-corrected chi connectivity index (χ0v) is 23.5. The van der Waals surface area contributed by atoms with Crippen LogP contribution in [0, 0.1) is 0 Å². The Hall–Kier alpha value is -1.83. The minimum absolute atomic E-state index is 0.0715. The first kappa shape index (κ1) is 27.2. The molecule has 0 bridgehead atoms. The van der Waals surface area contributed by atoms with E-state index in [0.29, 0.717) is 26.1 Å². The van der Waals surface area contributed by atoms with Crippen LogP contribution in [0.5, 0.6) is 0 Å². The summed E-state index contributed by atoms with van der Waals surface area (Å²) in [5.74, 6) is -0.596. The van der Waals surface area contributed by atoms with E-state index in [1.54, 1.807) is 0 Å². The molecule has 2 aromatic rings. The molecule has 2 heterocycles. The van der Waals surface area contributed by atoms with E-state index in [1.165, 1.54) is 10.4 Å². The minimum Gasteiger partial charge on any atom is -0.404 e. The second-order valence-electron chi connectivity index (χ2n) is 11.8. The molecule has 1 unspecified atom stereocenters. The maximum absolute atomic E-state index is 11.4. The summed E-state index contributed by atoms with van der Waals surface area (Å²) >= 11 is 0. The topological polar surface area (TPSA) is 54.0 Å². The van der Waals surface area contributed by atoms with Crippen LogP contribution in [0.4, 0.5) is 0 Å². The number of carbonyl (C=O) groups is 1. The first-order valence-corrected chi connectivity index (χ1v) is 15.2. The smallest absolute Gasteiger partial charge is 0.261 e. The molecule has 2 aromatic carbocycles. The Labute approximate surface area is 217 Å². The van der Waals surface area contributed by atoms with Gasteiger partial charge in [0.2, 0.25) is 0 Å². The number of rotatable bonds is 9. The molecule has 2 aliphatic rings. The Morgan fingerprint density at radius 3 is 2.08 bits per heavy atom. The molecular weight excluding hydrogens is 468 g/mol. The molecule has 0 saturated carbocycles. The van der Waals surface area contributed by atoms with Gasteiger partial charge in [-0.15, -0.1) is 0 Å². The fourth-order valence-electron chi connectivity index (χ4n) is 5.99. The summed E-state index contributed by atoms with van der Waals surface area (Å²) in [7, 11) is -2.73. The van der Waals surface area contributed by atoms with Crippen molar-refractivity contribution >= 4 is 25.0 Å². The Morgan fingerprint density at radius 1 is 0.972 bits per heavy atom. The zero-order chi connectivity index (χ0) is 25.9. The zero-order valence-electron chi connectivity index (χ0n) is 22.5. The van der Waals surface area contributed by atoms with E-state index in [1.807, 2.05) is 13.8 Å². The molecule has 0 amide bonds. The van der Waals surface area contributed by atoms with Crippen molar-refractivity contribution in [2.75, 3.05) is 13.2 Å². The highest BCUT2D eigenvalue weighted by Gasteiger charge is 2.52. The minimum atomic E-state index is -2.73. The summed E-state index contributed by atoms with van der Waals surface area (Å²) in [5, 5.41) is 2.38. The Bertz CT molecular complexity index is 948. The number of carbonyl (C=O) groups excluding carboxylic acids is 1. The van der Waals surface area contributed by atoms with Crippen LogP contribution < -0.4 is 10.4 Å². The molecule has 0 aliphatic carbocycles. The number of ether oxygens (including phenoxy) is 3. The lowest BCUT2D eigenvalue weighted by Gasteiger charge is -2.48. The first-order valence-electron chi connectivity index (χ1n) is 13.3. The van der Waals surface area contributed by atoms with E-state index in [-0.39, 0.29) is 17.2 Å². The highest BCUT2D eigenvalue weighted by atomic mass is 28.4. The van der Waals surface area contributed by atoms with Crippen molar-refractivity contribution < 1.29 is 23.4 Å². The third kappa shape index (κ3) is 5.84. The van der Waals surface area contributed by atoms with Crippen LogP contribution in [0.1, 0.15) is 66.7 Å². The molecule has 0 aromatic heterocycles. The number of aldehydes is 1. The molecule has 6 heteroatoms. The van der Waals surface area contributed by atoms with Crippen LogP contribution in [-0.2, 0) is 23.4 Å². The quantitative estimate of drug-likeness (QED) is 0.351. The van der Waals surface area contributed by atoms with Crippen LogP contribution in [0.2, 0.25) is 5.04 Å². The van der Waals surface area contributed by atoms with Gasteiger partial charge in [0.1, 0.15) is 6.29 Å². The van der Waals surface area contributed by atoms with Crippen molar-refractivity contribution in [3.8, 4) is 0 Å². The SMILES string of the molecule is CC1(C)OCC(C[C@]2(CO[Si](c3ccccc3)(c3ccccc3)C(C)(C)C)CCC[C@H](CC=O)O2)O1. The molecular formula is C30H42O5Si. The lowest BCUT2D eigenvalue weighted by Crippen LogP contribution is -2.68. The molecule has 0 radical (unpaired) electrons. The lowest BCUT2D eigenvalue weighted by atomic mass is 9.86. The van der Waals surface area contributed by atoms with Gasteiger partial charge in [-0.2, -0.15) is 0 Å². The van der Waals surface area contributed by atoms with Crippen LogP contribution in [0.3, 0.4) is 0 Å². The maximum Gasteiger partial charge on any atom is 0.261 e. The Balaban J connectivity index is 1.72. The van der Waals surface area contributed by atoms with Gasteiger partial charge in [-0.05, 0) is 48.5 Å². The van der Waals surface area contributed by atoms with Gasteiger partial charge in [0.25, 0.3) is 8.32 Å². The van der Waals surface area contributed by atoms with Gasteiger partial charge in [-0.1, -0.05) is 81.4 Å². The predicted octanol–water partition coefficient (Wildman–Crippen LogP) is 5.00. The normalized spacial score (nSPS) is 26.6. The standard InChI is InChI=1S/C30H42O5Si/c1-28(2,3)36(26-14-8-6-9-15-26,27-16-10-7-11-17-27)33-23-30(19-12-13-24(35-30)18-20-31)21-25-22-32-29(4,5)34-25/h6-11,14-17,20,24-25H,12-13,18-19,21-23H2,1-5H3/t24-,25?,30+/m1/s1. The molecule has 4 rings (SSSR count). The van der Waals surface area contributed by atoms with Crippen LogP contribution in [0.25, 0.3) is 0 Å². The van der Waals surface area contributed by atoms with Gasteiger partial charge in [-0.3, -0.25) is 0 Å². The summed E-state index contributed by atoms with van der Waals surface area (Å²) in [6.45, 7) is 11.8. The van der Waals surface area contributed by atoms with Crippen LogP contribution in [0.15, 0.2) is 60.7 Å². The van der Waals surface area contributed by atoms with E-state index in [9.17, 15) is 4.79 Å². The van der Waals surface area contributed by atoms with Gasteiger partial charge < -0.3 is 23.4 Å². The number of hydrogen-bond donors (Lipinski definition) is 0. The fraction of sp³-hybridized carbons (Fsp3) is 0.567. The molecule has 36 heavy (non-hydrogen) atoms. The van der Waals surface area contributed by atoms with Gasteiger partial charge in [0.15, 0.2) is 5.79 Å². The molecule has 5 nitrogen and oxygen atoms in total. The van der Waals surface area contributed by atoms with E-state index in [2.05, 4.69) is 81.4 Å². The third-order valence-electron chi connectivity index (χ3n) is 7.57. The molecule has 2 saturated heterocycles. The summed E-state index contributed by atoms with van der Waals surface area (Å²) in [5.41, 5.74) is -0.534. The fourth-order valence-corrected chi connectivity index (χ4v) is 10.6. The Kier molecular flexibility index (Phi) is 8.22. The molecule has 196 valence electrons. The van der Waals surface area contributed by atoms with Crippen molar-refractivity contribution in [2.45, 2.75) is 95.4 Å². The summed E-state index contributed by atoms with van der Waals surface area (Å²) < 4.78 is 26.2. The molecule has 2 fully saturated rings. The number of hydrogen-bond acceptors (Lipinski definition) is 5. The average Bonchev–Trinajstić information content (AvgIpc) is 3.18. The highest BCUT2D eigenvalue weighted by Crippen LogP contribution is 2.41. The summed E-state index contributed by atoms with van der Waals surface area (Å²) in [6.07, 6.45) is 4.68. The summed E-state index contributed by atoms with van der Waals surface area (Å²) in [6, 6.07) is 21.4. The number of benzene rings is 2. The van der Waals surface area contributed by atoms with Gasteiger partial charge in [0, 0.05) is 12.8 Å². The molecule has 0 spiro atoms. The first-order chi connectivity index (χ1) is 17.1. The van der Waals surface area contributed by atoms with E-state index in [4.69, 9.17) is 18.6 Å². The van der Waals surface area contributed by atoms with Gasteiger partial charge in [0.05, 0.1) is 31.0 Å². The summed E-state index contributed by atoms with van der Waals surface area (Å²) in [4.78, 5) is 11.4. The maximum atomic E-state index is 11.4. The van der Waals surface area contributed by atoms with Crippen molar-refractivity contribution in [1.29, 1.82) is 0 Å². The third-order valence-corrected chi connectivity index (χ3v) is 12.6. The second-order valence-corrected chi connectivity index (χ2v) is 16.1. The van der Waals surface area contributed by atoms with E-state index >= 15 is 0 Å². The van der Waals surface area contributed by atoms with Crippen molar-refractivity contribution in [2.24, 2.45) is 0 Å². The van der Waals surface area contributed by atoms with Crippen molar-refractivity contribution in [3.63, 3.8) is 0 Å². The highest BCUT2D eigenvalue weighted by molar-refractivity contribution is 6.99. The average molecular weight is 511 g/mol. The van der Waals surface area contributed by atoms with E-state index < -0.39 is 19.7 Å². The molecule has 0 N–H and O–H groups in total. The van der Waals surface area contributed by atoms with E-state index in [0.717, 1.165) is 25.5 Å².